The van der Waals surface area contributed by atoms with Crippen molar-refractivity contribution in [3.8, 4) is 0 Å². The van der Waals surface area contributed by atoms with Gasteiger partial charge >= 0.3 is 5.97 Å². The number of aromatic carboxylic acids is 1. The Morgan fingerprint density at radius 1 is 1.41 bits per heavy atom. The second kappa shape index (κ2) is 7.79. The fourth-order valence-electron chi connectivity index (χ4n) is 1.56. The summed E-state index contributed by atoms with van der Waals surface area (Å²) in [6.45, 7) is 3.16. The van der Waals surface area contributed by atoms with Gasteiger partial charge in [-0.05, 0) is 12.5 Å². The minimum absolute atomic E-state index is 0.0843. The molecule has 4 nitrogen and oxygen atoms in total. The van der Waals surface area contributed by atoms with Crippen LogP contribution in [0.1, 0.15) is 48.7 Å². The molecule has 0 atom stereocenters. The predicted octanol–water partition coefficient (Wildman–Crippen LogP) is 2.88. The number of hydrogen-bond donors (Lipinski definition) is 1. The minimum Gasteiger partial charge on any atom is -0.477 e. The van der Waals surface area contributed by atoms with Gasteiger partial charge in [-0.3, -0.25) is 0 Å². The molecule has 1 aromatic rings. The minimum atomic E-state index is -1.00. The third-order valence-corrected chi connectivity index (χ3v) is 2.49. The number of carbonyl (C=O) groups is 1. The number of nitrogens with zero attached hydrogens (tertiary/aromatic N) is 1. The molecule has 0 aliphatic carbocycles. The van der Waals surface area contributed by atoms with E-state index in [0.717, 1.165) is 12.8 Å². The summed E-state index contributed by atoms with van der Waals surface area (Å²) in [5.41, 5.74) is 0.719. The number of pyridine rings is 1. The van der Waals surface area contributed by atoms with Gasteiger partial charge in [0.05, 0.1) is 6.61 Å². The van der Waals surface area contributed by atoms with E-state index in [0.29, 0.717) is 18.8 Å². The van der Waals surface area contributed by atoms with E-state index in [2.05, 4.69) is 11.9 Å². The Kier molecular flexibility index (Phi) is 6.25. The van der Waals surface area contributed by atoms with Crippen molar-refractivity contribution in [3.05, 3.63) is 29.6 Å². The van der Waals surface area contributed by atoms with E-state index < -0.39 is 5.97 Å². The van der Waals surface area contributed by atoms with Crippen LogP contribution in [0.3, 0.4) is 0 Å². The van der Waals surface area contributed by atoms with Gasteiger partial charge in [-0.25, -0.2) is 9.78 Å². The molecule has 0 unspecified atom stereocenters. The maximum atomic E-state index is 10.9. The fourth-order valence-corrected chi connectivity index (χ4v) is 1.56. The molecule has 0 spiro atoms. The largest absolute Gasteiger partial charge is 0.477 e. The smallest absolute Gasteiger partial charge is 0.354 e. The standard InChI is InChI=1S/C13H19NO3/c1-2-3-4-5-9-17-10-11-7-6-8-14-12(11)13(15)16/h6-8H,2-5,9-10H2,1H3,(H,15,16). The van der Waals surface area contributed by atoms with E-state index in [4.69, 9.17) is 9.84 Å². The summed E-state index contributed by atoms with van der Waals surface area (Å²) in [5.74, 6) is -1.00. The van der Waals surface area contributed by atoms with E-state index in [1.165, 1.54) is 19.0 Å². The molecule has 0 saturated carbocycles. The van der Waals surface area contributed by atoms with Gasteiger partial charge in [-0.2, -0.15) is 0 Å². The topological polar surface area (TPSA) is 59.4 Å². The third-order valence-electron chi connectivity index (χ3n) is 2.49. The molecule has 0 amide bonds. The van der Waals surface area contributed by atoms with Crippen LogP contribution in [-0.4, -0.2) is 22.7 Å². The first-order chi connectivity index (χ1) is 8.25. The van der Waals surface area contributed by atoms with Gasteiger partial charge in [0.1, 0.15) is 0 Å². The highest BCUT2D eigenvalue weighted by atomic mass is 16.5. The lowest BCUT2D eigenvalue weighted by Gasteiger charge is -2.06. The highest BCUT2D eigenvalue weighted by molar-refractivity contribution is 5.86. The maximum Gasteiger partial charge on any atom is 0.354 e. The molecule has 1 rings (SSSR count). The zero-order chi connectivity index (χ0) is 12.5. The number of rotatable bonds is 8. The Morgan fingerprint density at radius 2 is 2.24 bits per heavy atom. The number of hydrogen-bond acceptors (Lipinski definition) is 3. The second-order valence-corrected chi connectivity index (χ2v) is 3.93. The summed E-state index contributed by atoms with van der Waals surface area (Å²) in [5, 5.41) is 8.92. The van der Waals surface area contributed by atoms with Crippen molar-refractivity contribution in [2.24, 2.45) is 0 Å². The number of carboxylic acid groups (broad SMARTS) is 1. The Labute approximate surface area is 102 Å². The van der Waals surface area contributed by atoms with Crippen LogP contribution < -0.4 is 0 Å². The van der Waals surface area contributed by atoms with E-state index in [-0.39, 0.29) is 5.69 Å². The van der Waals surface area contributed by atoms with Crippen molar-refractivity contribution in [3.63, 3.8) is 0 Å². The molecule has 1 heterocycles. The molecule has 1 aromatic heterocycles. The number of aromatic nitrogens is 1. The second-order valence-electron chi connectivity index (χ2n) is 3.93. The molecule has 0 aliphatic rings. The number of carboxylic acids is 1. The van der Waals surface area contributed by atoms with Gasteiger partial charge in [-0.1, -0.05) is 32.3 Å². The molecular weight excluding hydrogens is 218 g/mol. The molecule has 0 saturated heterocycles. The van der Waals surface area contributed by atoms with Crippen molar-refractivity contribution < 1.29 is 14.6 Å². The van der Waals surface area contributed by atoms with Gasteiger partial charge in [0.25, 0.3) is 0 Å². The van der Waals surface area contributed by atoms with Crippen LogP contribution in [0, 0.1) is 0 Å². The number of unbranched alkanes of at least 4 members (excludes halogenated alkanes) is 3. The number of ether oxygens (including phenoxy) is 1. The van der Waals surface area contributed by atoms with Gasteiger partial charge in [-0.15, -0.1) is 0 Å². The molecule has 0 radical (unpaired) electrons. The first-order valence-electron chi connectivity index (χ1n) is 6.00. The Hall–Kier alpha value is -1.42. The molecule has 0 bridgehead atoms. The van der Waals surface area contributed by atoms with Gasteiger partial charge in [0.2, 0.25) is 0 Å². The van der Waals surface area contributed by atoms with Gasteiger partial charge in [0.15, 0.2) is 5.69 Å². The summed E-state index contributed by atoms with van der Waals surface area (Å²) < 4.78 is 5.45. The van der Waals surface area contributed by atoms with E-state index in [1.807, 2.05) is 0 Å². The molecule has 4 heteroatoms. The van der Waals surface area contributed by atoms with Crippen molar-refractivity contribution in [1.29, 1.82) is 0 Å². The van der Waals surface area contributed by atoms with Gasteiger partial charge in [0, 0.05) is 18.4 Å². The molecule has 1 N–H and O–H groups in total. The lowest BCUT2D eigenvalue weighted by atomic mass is 10.2. The third kappa shape index (κ3) is 4.95. The summed E-state index contributed by atoms with van der Waals surface area (Å²) in [7, 11) is 0. The zero-order valence-electron chi connectivity index (χ0n) is 10.2. The first-order valence-corrected chi connectivity index (χ1v) is 6.00. The summed E-state index contributed by atoms with van der Waals surface area (Å²) in [4.78, 5) is 14.7. The SMILES string of the molecule is CCCCCCOCc1cccnc1C(=O)O. The van der Waals surface area contributed by atoms with Crippen LogP contribution >= 0.6 is 0 Å². The van der Waals surface area contributed by atoms with E-state index in [1.54, 1.807) is 12.1 Å². The molecule has 0 aliphatic heterocycles. The monoisotopic (exact) mass is 237 g/mol. The molecule has 0 aromatic carbocycles. The maximum absolute atomic E-state index is 10.9. The Bertz CT molecular complexity index is 352. The van der Waals surface area contributed by atoms with E-state index >= 15 is 0 Å². The van der Waals surface area contributed by atoms with Crippen molar-refractivity contribution in [1.82, 2.24) is 4.98 Å². The molecule has 0 fully saturated rings. The normalized spacial score (nSPS) is 10.4. The Morgan fingerprint density at radius 3 is 2.94 bits per heavy atom. The van der Waals surface area contributed by atoms with Crippen LogP contribution in [0.4, 0.5) is 0 Å². The fraction of sp³-hybridized carbons (Fsp3) is 0.538. The summed E-state index contributed by atoms with van der Waals surface area (Å²) >= 11 is 0. The summed E-state index contributed by atoms with van der Waals surface area (Å²) in [6.07, 6.45) is 6.09. The highest BCUT2D eigenvalue weighted by Crippen LogP contribution is 2.08. The molecule has 94 valence electrons. The molecular formula is C13H19NO3. The Balaban J connectivity index is 2.34. The van der Waals surface area contributed by atoms with Crippen LogP contribution in [0.5, 0.6) is 0 Å². The van der Waals surface area contributed by atoms with Crippen molar-refractivity contribution >= 4 is 5.97 Å². The lowest BCUT2D eigenvalue weighted by molar-refractivity contribution is 0.0679. The van der Waals surface area contributed by atoms with Crippen LogP contribution in [0.15, 0.2) is 18.3 Å². The van der Waals surface area contributed by atoms with Crippen molar-refractivity contribution in [2.45, 2.75) is 39.2 Å². The van der Waals surface area contributed by atoms with E-state index in [9.17, 15) is 4.79 Å². The van der Waals surface area contributed by atoms with Crippen LogP contribution in [-0.2, 0) is 11.3 Å². The zero-order valence-corrected chi connectivity index (χ0v) is 10.2. The average Bonchev–Trinajstić information content (AvgIpc) is 2.34. The van der Waals surface area contributed by atoms with Gasteiger partial charge < -0.3 is 9.84 Å². The quantitative estimate of drug-likeness (QED) is 0.706. The van der Waals surface area contributed by atoms with Crippen LogP contribution in [0.2, 0.25) is 0 Å². The van der Waals surface area contributed by atoms with Crippen molar-refractivity contribution in [2.75, 3.05) is 6.61 Å². The van der Waals surface area contributed by atoms with Crippen LogP contribution in [0.25, 0.3) is 0 Å². The highest BCUT2D eigenvalue weighted by Gasteiger charge is 2.10. The molecule has 17 heavy (non-hydrogen) atoms. The first kappa shape index (κ1) is 13.6. The predicted molar refractivity (Wildman–Crippen MR) is 65.0 cm³/mol. The average molecular weight is 237 g/mol. The lowest BCUT2D eigenvalue weighted by Crippen LogP contribution is -2.07. The summed E-state index contributed by atoms with van der Waals surface area (Å²) in [6, 6.07) is 3.46.